The zero-order chi connectivity index (χ0) is 22.6. The number of aryl methyl sites for hydroxylation is 4. The van der Waals surface area contributed by atoms with Gasteiger partial charge in [-0.25, -0.2) is 0 Å². The Kier molecular flexibility index (Phi) is 10.1. The van der Waals surface area contributed by atoms with Crippen molar-refractivity contribution >= 4 is 28.2 Å². The normalized spacial score (nSPS) is 13.3. The van der Waals surface area contributed by atoms with Gasteiger partial charge in [0.1, 0.15) is 0 Å². The minimum absolute atomic E-state index is 0. The molecule has 4 aromatic rings. The number of halogens is 3. The summed E-state index contributed by atoms with van der Waals surface area (Å²) in [6.07, 6.45) is 0. The third-order valence-electron chi connectivity index (χ3n) is 6.89. The first-order valence-electron chi connectivity index (χ1n) is 11.5. The molecule has 1 aliphatic carbocycles. The predicted molar refractivity (Wildman–Crippen MR) is 137 cm³/mol. The van der Waals surface area contributed by atoms with Crippen LogP contribution in [0, 0.1) is 27.7 Å². The largest absolute Gasteiger partial charge is 1.00 e. The Bertz CT molecular complexity index is 1270. The Labute approximate surface area is 242 Å². The molecule has 1 unspecified atom stereocenters. The van der Waals surface area contributed by atoms with Crippen molar-refractivity contribution in [2.24, 2.45) is 0 Å². The predicted octanol–water partition coefficient (Wildman–Crippen LogP) is -4.51. The van der Waals surface area contributed by atoms with Gasteiger partial charge >= 0.3 is 207 Å². The van der Waals surface area contributed by atoms with Gasteiger partial charge in [0, 0.05) is 0 Å². The zero-order valence-electron chi connectivity index (χ0n) is 20.7. The molecule has 4 aromatic carbocycles. The second-order valence-electron chi connectivity index (χ2n) is 9.58. The van der Waals surface area contributed by atoms with E-state index in [0.29, 0.717) is 5.92 Å². The van der Waals surface area contributed by atoms with Gasteiger partial charge in [-0.15, -0.1) is 0 Å². The fraction of sp³-hybridized carbons (Fsp3) is 0.200. The molecule has 0 spiro atoms. The van der Waals surface area contributed by atoms with Gasteiger partial charge in [-0.2, -0.15) is 0 Å². The van der Waals surface area contributed by atoms with Crippen molar-refractivity contribution in [1.82, 2.24) is 0 Å². The fourth-order valence-electron chi connectivity index (χ4n) is 5.74. The van der Waals surface area contributed by atoms with Gasteiger partial charge in [-0.05, 0) is 0 Å². The number of hydrogen-bond donors (Lipinski definition) is 0. The molecular formula is C30H29Cl3SiTi. The molecule has 0 N–H and O–H groups in total. The molecule has 1 aliphatic rings. The van der Waals surface area contributed by atoms with Gasteiger partial charge in [0.15, 0.2) is 0 Å². The molecule has 5 heteroatoms. The smallest absolute Gasteiger partial charge is 1.00 e. The van der Waals surface area contributed by atoms with Crippen LogP contribution in [0.3, 0.4) is 0 Å². The average Bonchev–Trinajstić information content (AvgIpc) is 3.02. The van der Waals surface area contributed by atoms with Crippen LogP contribution < -0.4 is 56.6 Å². The molecule has 5 rings (SSSR count). The van der Waals surface area contributed by atoms with Crippen LogP contribution in [0.1, 0.15) is 46.2 Å². The average molecular weight is 572 g/mol. The minimum atomic E-state index is -1.62. The second kappa shape index (κ2) is 11.8. The van der Waals surface area contributed by atoms with E-state index in [9.17, 15) is 0 Å². The number of rotatable bonds is 3. The first-order chi connectivity index (χ1) is 15.3. The van der Waals surface area contributed by atoms with E-state index in [-0.39, 0.29) is 37.2 Å². The molecule has 0 radical (unpaired) electrons. The molecule has 0 saturated carbocycles. The van der Waals surface area contributed by atoms with Crippen molar-refractivity contribution in [3.8, 4) is 11.1 Å². The first-order valence-corrected chi connectivity index (χ1v) is 14.0. The second-order valence-corrected chi connectivity index (χ2v) is 13.2. The van der Waals surface area contributed by atoms with Crippen LogP contribution >= 0.6 is 0 Å². The maximum atomic E-state index is 2.45. The van der Waals surface area contributed by atoms with E-state index in [4.69, 9.17) is 0 Å². The Hall–Kier alpha value is -1.32. The summed E-state index contributed by atoms with van der Waals surface area (Å²) in [4.78, 5) is 0. The summed E-state index contributed by atoms with van der Waals surface area (Å²) in [6, 6.07) is 28.2. The summed E-state index contributed by atoms with van der Waals surface area (Å²) < 4.78 is 1.50. The van der Waals surface area contributed by atoms with Crippen molar-refractivity contribution in [3.05, 3.63) is 106 Å². The van der Waals surface area contributed by atoms with E-state index >= 15 is 0 Å². The SMILES string of the molecule is Cc1cc(C)cc([SiH](c2cc(C)cc(C)c2)c2ccc3c([c]2[Ti+3])C(C)c2ccccc2-3)c1.[Cl-].[Cl-].[Cl-]. The van der Waals surface area contributed by atoms with Crippen LogP contribution in [0.2, 0.25) is 0 Å². The third kappa shape index (κ3) is 5.52. The number of hydrogen-bond acceptors (Lipinski definition) is 0. The third-order valence-corrected chi connectivity index (χ3v) is 11.3. The molecule has 178 valence electrons. The van der Waals surface area contributed by atoms with Crippen molar-refractivity contribution in [2.75, 3.05) is 0 Å². The van der Waals surface area contributed by atoms with Crippen molar-refractivity contribution in [3.63, 3.8) is 0 Å². The summed E-state index contributed by atoms with van der Waals surface area (Å²) in [5.41, 5.74) is 11.3. The summed E-state index contributed by atoms with van der Waals surface area (Å²) in [6.45, 7) is 11.3. The molecule has 35 heavy (non-hydrogen) atoms. The molecule has 0 amide bonds. The summed E-state index contributed by atoms with van der Waals surface area (Å²) in [5, 5.41) is 4.62. The maximum absolute atomic E-state index is 2.45. The minimum Gasteiger partial charge on any atom is -1.00 e. The van der Waals surface area contributed by atoms with Crippen LogP contribution in [0.4, 0.5) is 0 Å². The Morgan fingerprint density at radius 2 is 1.11 bits per heavy atom. The van der Waals surface area contributed by atoms with E-state index in [1.54, 1.807) is 5.19 Å². The Balaban J connectivity index is 0.00000144. The summed E-state index contributed by atoms with van der Waals surface area (Å²) in [5.74, 6) is 0.453. The molecular weight excluding hydrogens is 543 g/mol. The molecule has 0 nitrogen and oxygen atoms in total. The van der Waals surface area contributed by atoms with Crippen LogP contribution in [-0.2, 0) is 20.4 Å². The van der Waals surface area contributed by atoms with Crippen LogP contribution in [0.25, 0.3) is 11.1 Å². The van der Waals surface area contributed by atoms with Gasteiger partial charge in [0.05, 0.1) is 0 Å². The molecule has 0 heterocycles. The van der Waals surface area contributed by atoms with Crippen LogP contribution in [0.5, 0.6) is 0 Å². The zero-order valence-corrected chi connectivity index (χ0v) is 25.7. The molecule has 1 atom stereocenters. The van der Waals surface area contributed by atoms with Gasteiger partial charge in [0.2, 0.25) is 0 Å². The molecule has 0 aliphatic heterocycles. The Morgan fingerprint density at radius 1 is 0.629 bits per heavy atom. The fourth-order valence-corrected chi connectivity index (χ4v) is 10.7. The van der Waals surface area contributed by atoms with E-state index in [0.717, 1.165) is 0 Å². The topological polar surface area (TPSA) is 0 Å². The van der Waals surface area contributed by atoms with E-state index in [2.05, 4.69) is 128 Å². The standard InChI is InChI=1S/C30H29Si.3ClH.Ti/c1-19-12-20(2)15-25(14-19)31(26-16-21(3)13-22(4)17-26)24-10-11-29-28-9-7-6-8-27(28)23(5)30(29)18-24;;;;/h6-17,23,31H,1-5H3;3*1H;/q;;;;+3/p-3. The van der Waals surface area contributed by atoms with Crippen molar-refractivity contribution in [1.29, 1.82) is 0 Å². The quantitative estimate of drug-likeness (QED) is 0.172. The first kappa shape index (κ1) is 29.9. The molecule has 0 bridgehead atoms. The van der Waals surface area contributed by atoms with Crippen LogP contribution in [0.15, 0.2) is 72.8 Å². The number of benzene rings is 4. The van der Waals surface area contributed by atoms with Crippen molar-refractivity contribution < 1.29 is 57.7 Å². The van der Waals surface area contributed by atoms with E-state index < -0.39 is 8.80 Å². The number of fused-ring (bicyclic) bond motifs is 3. The summed E-state index contributed by atoms with van der Waals surface area (Å²) in [7, 11) is -1.62. The van der Waals surface area contributed by atoms with Crippen LogP contribution in [-0.4, -0.2) is 8.80 Å². The maximum Gasteiger partial charge on any atom is -1.00 e. The van der Waals surface area contributed by atoms with Crippen molar-refractivity contribution in [2.45, 2.75) is 40.5 Å². The Morgan fingerprint density at radius 3 is 1.63 bits per heavy atom. The van der Waals surface area contributed by atoms with E-state index in [1.165, 1.54) is 58.7 Å². The van der Waals surface area contributed by atoms with Gasteiger partial charge in [-0.3, -0.25) is 0 Å². The monoisotopic (exact) mass is 570 g/mol. The summed E-state index contributed by atoms with van der Waals surface area (Å²) >= 11 is 2.38. The van der Waals surface area contributed by atoms with Gasteiger partial charge < -0.3 is 37.2 Å². The van der Waals surface area contributed by atoms with Gasteiger partial charge in [-0.1, -0.05) is 0 Å². The molecule has 0 saturated heterocycles. The molecule has 0 aromatic heterocycles. The molecule has 0 fully saturated rings. The van der Waals surface area contributed by atoms with E-state index in [1.807, 2.05) is 0 Å². The van der Waals surface area contributed by atoms with Gasteiger partial charge in [0.25, 0.3) is 0 Å².